The minimum Gasteiger partial charge on any atom is -0.462 e. The second-order valence-corrected chi connectivity index (χ2v) is 9.80. The second-order valence-electron chi connectivity index (χ2n) is 9.80. The molecule has 1 saturated carbocycles. The van der Waals surface area contributed by atoms with Gasteiger partial charge in [0, 0.05) is 44.8 Å². The molecule has 5 rings (SSSR count). The maximum Gasteiger partial charge on any atom is 0.310 e. The molecule has 5 nitrogen and oxygen atoms in total. The predicted octanol–water partition coefficient (Wildman–Crippen LogP) is 3.66. The van der Waals surface area contributed by atoms with Gasteiger partial charge in [0.25, 0.3) is 0 Å². The van der Waals surface area contributed by atoms with Gasteiger partial charge in [-0.3, -0.25) is 9.69 Å². The van der Waals surface area contributed by atoms with Gasteiger partial charge in [0.1, 0.15) is 11.9 Å². The number of rotatable bonds is 3. The molecule has 1 aromatic heterocycles. The quantitative estimate of drug-likeness (QED) is 0.577. The van der Waals surface area contributed by atoms with E-state index in [1.807, 2.05) is 18.3 Å². The summed E-state index contributed by atoms with van der Waals surface area (Å²) in [5.74, 6) is 1.51. The highest BCUT2D eigenvalue weighted by Crippen LogP contribution is 2.55. The lowest BCUT2D eigenvalue weighted by molar-refractivity contribution is -0.145. The van der Waals surface area contributed by atoms with Crippen LogP contribution in [0, 0.1) is 17.3 Å². The summed E-state index contributed by atoms with van der Waals surface area (Å²) in [4.78, 5) is 22.1. The number of carbonyl (C=O) groups is 1. The van der Waals surface area contributed by atoms with Crippen LogP contribution in [-0.2, 0) is 9.53 Å². The van der Waals surface area contributed by atoms with Crippen molar-refractivity contribution in [1.82, 2.24) is 9.88 Å². The van der Waals surface area contributed by atoms with Gasteiger partial charge in [-0.2, -0.15) is 0 Å². The van der Waals surface area contributed by atoms with Crippen LogP contribution in [0.2, 0.25) is 0 Å². The molecular weight excluding hydrogens is 362 g/mol. The SMILES string of the molecule is CC1=C2C[C@H]3[C@@H](C[C@@]2(C)CCC1)OC(=O)[C@@H]3CN1CCN(c2ccccn2)CC1. The van der Waals surface area contributed by atoms with Crippen LogP contribution in [-0.4, -0.2) is 54.7 Å². The van der Waals surface area contributed by atoms with Crippen LogP contribution in [0.5, 0.6) is 0 Å². The van der Waals surface area contributed by atoms with E-state index in [9.17, 15) is 4.79 Å². The van der Waals surface area contributed by atoms with E-state index >= 15 is 0 Å². The molecule has 4 aliphatic rings. The number of anilines is 1. The zero-order chi connectivity index (χ0) is 20.0. The summed E-state index contributed by atoms with van der Waals surface area (Å²) in [6.45, 7) is 9.47. The molecule has 1 aromatic rings. The second kappa shape index (κ2) is 7.42. The van der Waals surface area contributed by atoms with E-state index in [4.69, 9.17) is 4.74 Å². The van der Waals surface area contributed by atoms with Crippen molar-refractivity contribution < 1.29 is 9.53 Å². The first kappa shape index (κ1) is 19.1. The molecule has 2 aliphatic heterocycles. The van der Waals surface area contributed by atoms with Crippen LogP contribution in [0.4, 0.5) is 5.82 Å². The number of hydrogen-bond acceptors (Lipinski definition) is 5. The van der Waals surface area contributed by atoms with Crippen LogP contribution >= 0.6 is 0 Å². The third-order valence-corrected chi connectivity index (χ3v) is 7.98. The Balaban J connectivity index is 1.25. The van der Waals surface area contributed by atoms with Crippen LogP contribution in [0.1, 0.15) is 46.0 Å². The van der Waals surface area contributed by atoms with Gasteiger partial charge in [-0.1, -0.05) is 24.1 Å². The highest BCUT2D eigenvalue weighted by atomic mass is 16.6. The van der Waals surface area contributed by atoms with Gasteiger partial charge >= 0.3 is 5.97 Å². The van der Waals surface area contributed by atoms with Gasteiger partial charge in [-0.15, -0.1) is 0 Å². The molecule has 29 heavy (non-hydrogen) atoms. The lowest BCUT2D eigenvalue weighted by Gasteiger charge is -2.46. The lowest BCUT2D eigenvalue weighted by Crippen LogP contribution is -2.49. The van der Waals surface area contributed by atoms with Crippen LogP contribution in [0.25, 0.3) is 0 Å². The Kier molecular flexibility index (Phi) is 4.89. The summed E-state index contributed by atoms with van der Waals surface area (Å²) >= 11 is 0. The van der Waals surface area contributed by atoms with Crippen molar-refractivity contribution in [3.63, 3.8) is 0 Å². The molecule has 3 heterocycles. The Morgan fingerprint density at radius 3 is 2.83 bits per heavy atom. The average molecular weight is 396 g/mol. The fraction of sp³-hybridized carbons (Fsp3) is 0.667. The number of hydrogen-bond donors (Lipinski definition) is 0. The predicted molar refractivity (Wildman–Crippen MR) is 114 cm³/mol. The van der Waals surface area contributed by atoms with Gasteiger partial charge in [-0.25, -0.2) is 4.98 Å². The molecule has 0 N–H and O–H groups in total. The molecule has 4 atom stereocenters. The van der Waals surface area contributed by atoms with Crippen LogP contribution < -0.4 is 4.90 Å². The van der Waals surface area contributed by atoms with Gasteiger partial charge in [0.15, 0.2) is 0 Å². The minimum atomic E-state index is 0.0353. The Morgan fingerprint density at radius 2 is 2.07 bits per heavy atom. The molecular formula is C24H33N3O2. The third-order valence-electron chi connectivity index (χ3n) is 7.98. The van der Waals surface area contributed by atoms with Crippen molar-refractivity contribution in [1.29, 1.82) is 0 Å². The van der Waals surface area contributed by atoms with Crippen LogP contribution in [0.15, 0.2) is 35.5 Å². The van der Waals surface area contributed by atoms with Crippen molar-refractivity contribution in [2.75, 3.05) is 37.6 Å². The molecule has 2 aliphatic carbocycles. The number of nitrogens with zero attached hydrogens (tertiary/aromatic N) is 3. The van der Waals surface area contributed by atoms with Crippen molar-refractivity contribution in [2.45, 2.75) is 52.1 Å². The van der Waals surface area contributed by atoms with Crippen molar-refractivity contribution in [3.05, 3.63) is 35.5 Å². The van der Waals surface area contributed by atoms with Crippen molar-refractivity contribution in [2.24, 2.45) is 17.3 Å². The molecule has 0 bridgehead atoms. The molecule has 0 radical (unpaired) electrons. The van der Waals surface area contributed by atoms with Crippen molar-refractivity contribution in [3.8, 4) is 0 Å². The number of ether oxygens (including phenoxy) is 1. The zero-order valence-corrected chi connectivity index (χ0v) is 17.8. The normalized spacial score (nSPS) is 35.3. The third kappa shape index (κ3) is 3.48. The largest absolute Gasteiger partial charge is 0.462 e. The standard InChI is InChI=1S/C24H33N3O2/c1-17-6-5-8-24(2)15-21-18(14-20(17)24)19(23(28)29-21)16-26-10-12-27(13-11-26)22-7-3-4-9-25-22/h3-4,7,9,18-19,21H,5-6,8,10-16H2,1-2H3/t18-,19-,21-,24-/m1/s1. The monoisotopic (exact) mass is 395 g/mol. The highest BCUT2D eigenvalue weighted by Gasteiger charge is 2.53. The Hall–Kier alpha value is -1.88. The summed E-state index contributed by atoms with van der Waals surface area (Å²) in [7, 11) is 0. The molecule has 2 saturated heterocycles. The Bertz CT molecular complexity index is 800. The number of fused-ring (bicyclic) bond motifs is 2. The van der Waals surface area contributed by atoms with Crippen molar-refractivity contribution >= 4 is 11.8 Å². The number of pyridine rings is 1. The number of aromatic nitrogens is 1. The fourth-order valence-corrected chi connectivity index (χ4v) is 6.30. The van der Waals surface area contributed by atoms with E-state index in [1.54, 1.807) is 11.1 Å². The van der Waals surface area contributed by atoms with Gasteiger partial charge < -0.3 is 9.64 Å². The van der Waals surface area contributed by atoms with Gasteiger partial charge in [-0.05, 0) is 56.6 Å². The maximum absolute atomic E-state index is 12.8. The summed E-state index contributed by atoms with van der Waals surface area (Å²) in [5.41, 5.74) is 3.49. The first-order valence-corrected chi connectivity index (χ1v) is 11.3. The maximum atomic E-state index is 12.8. The smallest absolute Gasteiger partial charge is 0.310 e. The number of piperazine rings is 1. The van der Waals surface area contributed by atoms with E-state index in [-0.39, 0.29) is 23.4 Å². The van der Waals surface area contributed by atoms with Crippen LogP contribution in [0.3, 0.4) is 0 Å². The number of carbonyl (C=O) groups excluding carboxylic acids is 1. The van der Waals surface area contributed by atoms with E-state index in [1.165, 1.54) is 19.3 Å². The summed E-state index contributed by atoms with van der Waals surface area (Å²) in [6, 6.07) is 6.08. The molecule has 156 valence electrons. The van der Waals surface area contributed by atoms with E-state index in [0.717, 1.165) is 51.4 Å². The first-order valence-electron chi connectivity index (χ1n) is 11.3. The molecule has 0 spiro atoms. The minimum absolute atomic E-state index is 0.0353. The molecule has 3 fully saturated rings. The lowest BCUT2D eigenvalue weighted by atomic mass is 9.59. The van der Waals surface area contributed by atoms with Gasteiger partial charge in [0.2, 0.25) is 0 Å². The molecule has 0 amide bonds. The molecule has 5 heteroatoms. The summed E-state index contributed by atoms with van der Waals surface area (Å²) in [6.07, 6.45) is 7.84. The zero-order valence-electron chi connectivity index (χ0n) is 17.8. The van der Waals surface area contributed by atoms with Gasteiger partial charge in [0.05, 0.1) is 5.92 Å². The summed E-state index contributed by atoms with van der Waals surface area (Å²) in [5, 5.41) is 0. The average Bonchev–Trinajstić information content (AvgIpc) is 3.01. The van der Waals surface area contributed by atoms with E-state index in [0.29, 0.717) is 5.92 Å². The number of esters is 1. The highest BCUT2D eigenvalue weighted by molar-refractivity contribution is 5.76. The topological polar surface area (TPSA) is 45.7 Å². The summed E-state index contributed by atoms with van der Waals surface area (Å²) < 4.78 is 5.95. The number of allylic oxidation sites excluding steroid dienone is 2. The fourth-order valence-electron chi connectivity index (χ4n) is 6.30. The van der Waals surface area contributed by atoms with E-state index in [2.05, 4.69) is 34.7 Å². The first-order chi connectivity index (χ1) is 14.0. The Morgan fingerprint density at radius 1 is 1.24 bits per heavy atom. The van der Waals surface area contributed by atoms with E-state index < -0.39 is 0 Å². The molecule has 0 unspecified atom stereocenters. The molecule has 0 aromatic carbocycles. The Labute approximate surface area is 174 Å².